The third-order valence-electron chi connectivity index (χ3n) is 3.30. The van der Waals surface area contributed by atoms with Crippen LogP contribution in [0.15, 0.2) is 12.2 Å². The summed E-state index contributed by atoms with van der Waals surface area (Å²) < 4.78 is 5.16. The maximum absolute atomic E-state index is 11.5. The summed E-state index contributed by atoms with van der Waals surface area (Å²) in [7, 11) is 0. The highest BCUT2D eigenvalue weighted by molar-refractivity contribution is 6.12. The van der Waals surface area contributed by atoms with Gasteiger partial charge in [-0.1, -0.05) is 26.7 Å². The van der Waals surface area contributed by atoms with Crippen LogP contribution in [-0.4, -0.2) is 35.8 Å². The van der Waals surface area contributed by atoms with Crippen LogP contribution in [0.3, 0.4) is 0 Å². The predicted molar refractivity (Wildman–Crippen MR) is 70.1 cm³/mol. The second kappa shape index (κ2) is 7.71. The Morgan fingerprint density at radius 2 is 1.79 bits per heavy atom. The van der Waals surface area contributed by atoms with E-state index in [2.05, 4.69) is 13.8 Å². The Morgan fingerprint density at radius 3 is 2.32 bits per heavy atom. The highest BCUT2D eigenvalue weighted by Gasteiger charge is 2.22. The molecule has 2 amide bonds. The minimum absolute atomic E-state index is 0.233. The molecule has 1 aliphatic heterocycles. The largest absolute Gasteiger partial charge is 0.465 e. The molecule has 5 nitrogen and oxygen atoms in total. The third kappa shape index (κ3) is 4.85. The van der Waals surface area contributed by atoms with E-state index in [1.165, 1.54) is 12.2 Å². The van der Waals surface area contributed by atoms with Gasteiger partial charge in [-0.15, -0.1) is 0 Å². The van der Waals surface area contributed by atoms with E-state index in [1.807, 2.05) is 0 Å². The second-order valence-electron chi connectivity index (χ2n) is 4.63. The molecule has 0 spiro atoms. The molecule has 0 saturated carbocycles. The summed E-state index contributed by atoms with van der Waals surface area (Å²) in [6.45, 7) is 4.86. The molecule has 0 unspecified atom stereocenters. The number of imide groups is 1. The van der Waals surface area contributed by atoms with Gasteiger partial charge in [-0.3, -0.25) is 19.3 Å². The number of hydrogen-bond donors (Lipinski definition) is 0. The number of carbonyl (C=O) groups is 3. The molecule has 1 heterocycles. The lowest BCUT2D eigenvalue weighted by atomic mass is 10.1. The van der Waals surface area contributed by atoms with E-state index in [-0.39, 0.29) is 30.7 Å². The zero-order valence-electron chi connectivity index (χ0n) is 11.6. The van der Waals surface area contributed by atoms with Gasteiger partial charge in [0, 0.05) is 25.1 Å². The number of rotatable bonds is 8. The van der Waals surface area contributed by atoms with E-state index in [0.29, 0.717) is 18.9 Å². The Kier molecular flexibility index (Phi) is 6.25. The highest BCUT2D eigenvalue weighted by atomic mass is 16.5. The van der Waals surface area contributed by atoms with Crippen molar-refractivity contribution in [2.45, 2.75) is 39.5 Å². The summed E-state index contributed by atoms with van der Waals surface area (Å²) in [6, 6.07) is 0. The van der Waals surface area contributed by atoms with Gasteiger partial charge < -0.3 is 4.74 Å². The molecule has 19 heavy (non-hydrogen) atoms. The van der Waals surface area contributed by atoms with Crippen LogP contribution in [0.2, 0.25) is 0 Å². The first kappa shape index (κ1) is 15.4. The molecule has 5 heteroatoms. The zero-order chi connectivity index (χ0) is 14.3. The van der Waals surface area contributed by atoms with Crippen LogP contribution in [0.4, 0.5) is 0 Å². The van der Waals surface area contributed by atoms with Gasteiger partial charge in [-0.25, -0.2) is 0 Å². The van der Waals surface area contributed by atoms with Crippen molar-refractivity contribution in [3.63, 3.8) is 0 Å². The number of ether oxygens (including phenoxy) is 1. The van der Waals surface area contributed by atoms with E-state index < -0.39 is 0 Å². The Hall–Kier alpha value is -1.65. The normalized spacial score (nSPS) is 14.6. The Balaban J connectivity index is 2.17. The molecular weight excluding hydrogens is 246 g/mol. The number of amides is 2. The highest BCUT2D eigenvalue weighted by Crippen LogP contribution is 2.09. The van der Waals surface area contributed by atoms with Crippen LogP contribution in [0.25, 0.3) is 0 Å². The van der Waals surface area contributed by atoms with E-state index in [9.17, 15) is 14.4 Å². The molecule has 0 aromatic heterocycles. The van der Waals surface area contributed by atoms with E-state index in [4.69, 9.17) is 4.74 Å². The quantitative estimate of drug-likeness (QED) is 0.495. The van der Waals surface area contributed by atoms with Crippen molar-refractivity contribution in [3.05, 3.63) is 12.2 Å². The summed E-state index contributed by atoms with van der Waals surface area (Å²) in [4.78, 5) is 35.1. The molecule has 0 aromatic carbocycles. The molecule has 0 aromatic rings. The fourth-order valence-corrected chi connectivity index (χ4v) is 1.84. The van der Waals surface area contributed by atoms with Gasteiger partial charge in [0.05, 0.1) is 6.61 Å². The summed E-state index contributed by atoms with van der Waals surface area (Å²) in [6.07, 6.45) is 5.15. The maximum Gasteiger partial charge on any atom is 0.305 e. The minimum atomic E-state index is -0.310. The second-order valence-corrected chi connectivity index (χ2v) is 4.63. The van der Waals surface area contributed by atoms with Crippen LogP contribution < -0.4 is 0 Å². The Bertz CT molecular complexity index is 354. The third-order valence-corrected chi connectivity index (χ3v) is 3.30. The Labute approximate surface area is 113 Å². The van der Waals surface area contributed by atoms with Crippen molar-refractivity contribution < 1.29 is 19.1 Å². The van der Waals surface area contributed by atoms with E-state index in [1.54, 1.807) is 0 Å². The molecule has 0 saturated heterocycles. The summed E-state index contributed by atoms with van der Waals surface area (Å²) in [5, 5.41) is 0. The lowest BCUT2D eigenvalue weighted by Gasteiger charge is -2.14. The molecule has 0 bridgehead atoms. The van der Waals surface area contributed by atoms with Crippen LogP contribution in [0, 0.1) is 5.92 Å². The molecular formula is C14H21NO4. The average Bonchev–Trinajstić information content (AvgIpc) is 2.71. The SMILES string of the molecule is CCC(CC)COC(=O)CCCN1C(=O)C=CC1=O. The van der Waals surface area contributed by atoms with Crippen molar-refractivity contribution in [2.24, 2.45) is 5.92 Å². The Morgan fingerprint density at radius 1 is 1.21 bits per heavy atom. The zero-order valence-corrected chi connectivity index (χ0v) is 11.6. The standard InChI is InChI=1S/C14H21NO4/c1-3-11(4-2)10-19-14(18)6-5-9-15-12(16)7-8-13(15)17/h7-8,11H,3-6,9-10H2,1-2H3. The maximum atomic E-state index is 11.5. The number of hydrogen-bond acceptors (Lipinski definition) is 4. The smallest absolute Gasteiger partial charge is 0.305 e. The van der Waals surface area contributed by atoms with Gasteiger partial charge in [-0.05, 0) is 12.3 Å². The summed E-state index contributed by atoms with van der Waals surface area (Å²) in [5.41, 5.74) is 0. The minimum Gasteiger partial charge on any atom is -0.465 e. The van der Waals surface area contributed by atoms with Crippen LogP contribution in [0.5, 0.6) is 0 Å². The van der Waals surface area contributed by atoms with Gasteiger partial charge in [0.25, 0.3) is 11.8 Å². The van der Waals surface area contributed by atoms with Crippen molar-refractivity contribution in [1.29, 1.82) is 0 Å². The fourth-order valence-electron chi connectivity index (χ4n) is 1.84. The van der Waals surface area contributed by atoms with Gasteiger partial charge in [0.2, 0.25) is 0 Å². The number of nitrogens with zero attached hydrogens (tertiary/aromatic N) is 1. The first-order chi connectivity index (χ1) is 9.08. The monoisotopic (exact) mass is 267 g/mol. The van der Waals surface area contributed by atoms with Crippen molar-refractivity contribution in [3.8, 4) is 0 Å². The van der Waals surface area contributed by atoms with Gasteiger partial charge in [-0.2, -0.15) is 0 Å². The van der Waals surface area contributed by atoms with Gasteiger partial charge in [0.1, 0.15) is 0 Å². The van der Waals surface area contributed by atoms with Gasteiger partial charge >= 0.3 is 5.97 Å². The fraction of sp³-hybridized carbons (Fsp3) is 0.643. The molecule has 0 N–H and O–H groups in total. The van der Waals surface area contributed by atoms with Gasteiger partial charge in [0.15, 0.2) is 0 Å². The molecule has 0 aliphatic carbocycles. The molecule has 1 rings (SSSR count). The average molecular weight is 267 g/mol. The van der Waals surface area contributed by atoms with Crippen molar-refractivity contribution in [2.75, 3.05) is 13.2 Å². The number of esters is 1. The molecule has 0 atom stereocenters. The number of carbonyl (C=O) groups excluding carboxylic acids is 3. The van der Waals surface area contributed by atoms with Crippen LogP contribution >= 0.6 is 0 Å². The predicted octanol–water partition coefficient (Wildman–Crippen LogP) is 1.67. The lowest BCUT2D eigenvalue weighted by Crippen LogP contribution is -2.31. The van der Waals surface area contributed by atoms with Crippen molar-refractivity contribution in [1.82, 2.24) is 4.90 Å². The molecule has 0 fully saturated rings. The van der Waals surface area contributed by atoms with E-state index >= 15 is 0 Å². The summed E-state index contributed by atoms with van der Waals surface area (Å²) >= 11 is 0. The first-order valence-electron chi connectivity index (χ1n) is 6.77. The summed E-state index contributed by atoms with van der Waals surface area (Å²) in [5.74, 6) is -0.473. The van der Waals surface area contributed by atoms with Crippen LogP contribution in [0.1, 0.15) is 39.5 Å². The van der Waals surface area contributed by atoms with Crippen LogP contribution in [-0.2, 0) is 19.1 Å². The lowest BCUT2D eigenvalue weighted by molar-refractivity contribution is -0.146. The van der Waals surface area contributed by atoms with Crippen molar-refractivity contribution >= 4 is 17.8 Å². The molecule has 106 valence electrons. The van der Waals surface area contributed by atoms with E-state index in [0.717, 1.165) is 17.7 Å². The molecule has 0 radical (unpaired) electrons. The topological polar surface area (TPSA) is 63.7 Å². The molecule has 1 aliphatic rings. The first-order valence-corrected chi connectivity index (χ1v) is 6.77.